The molecule has 1 amide bonds. The highest BCUT2D eigenvalue weighted by Crippen LogP contribution is 2.11. The fraction of sp³-hybridized carbons (Fsp3) is 0.900. The minimum atomic E-state index is -4.27. The number of alkyl halides is 3. The minimum absolute atomic E-state index is 0.0140. The number of halogens is 3. The van der Waals surface area contributed by atoms with Crippen LogP contribution in [-0.2, 0) is 4.79 Å². The van der Waals surface area contributed by atoms with Crippen molar-refractivity contribution >= 4 is 5.91 Å². The molecule has 0 aliphatic carbocycles. The summed E-state index contributed by atoms with van der Waals surface area (Å²) in [7, 11) is 0. The normalized spacial score (nSPS) is 13.6. The molecule has 96 valence electrons. The monoisotopic (exact) mass is 240 g/mol. The summed E-state index contributed by atoms with van der Waals surface area (Å²) in [5.74, 6) is -0.396. The van der Waals surface area contributed by atoms with Gasteiger partial charge in [-0.25, -0.2) is 0 Å². The molecule has 0 aromatic rings. The number of carbonyl (C=O) groups excluding carboxylic acids is 1. The number of unbranched alkanes of at least 4 members (excludes halogenated alkanes) is 1. The first-order valence-corrected chi connectivity index (χ1v) is 5.42. The molecule has 0 aliphatic heterocycles. The van der Waals surface area contributed by atoms with Crippen molar-refractivity contribution in [3.05, 3.63) is 0 Å². The molecule has 16 heavy (non-hydrogen) atoms. The van der Waals surface area contributed by atoms with Crippen LogP contribution in [-0.4, -0.2) is 31.2 Å². The molecule has 6 heteroatoms. The Morgan fingerprint density at radius 1 is 1.38 bits per heavy atom. The smallest absolute Gasteiger partial charge is 0.353 e. The molecule has 0 spiro atoms. The SMILES string of the molecule is CCCCC(C)NC(=O)CNCC(F)(F)F. The van der Waals surface area contributed by atoms with E-state index in [1.165, 1.54) is 0 Å². The number of carbonyl (C=O) groups is 1. The molecule has 0 heterocycles. The molecule has 1 unspecified atom stereocenters. The maximum absolute atomic E-state index is 11.7. The first-order valence-electron chi connectivity index (χ1n) is 5.42. The first kappa shape index (κ1) is 15.2. The van der Waals surface area contributed by atoms with E-state index in [2.05, 4.69) is 5.32 Å². The molecule has 3 nitrogen and oxygen atoms in total. The lowest BCUT2D eigenvalue weighted by Gasteiger charge is -2.14. The molecule has 0 fully saturated rings. The summed E-state index contributed by atoms with van der Waals surface area (Å²) >= 11 is 0. The van der Waals surface area contributed by atoms with Crippen LogP contribution in [0.4, 0.5) is 13.2 Å². The van der Waals surface area contributed by atoms with Gasteiger partial charge in [0, 0.05) is 6.04 Å². The standard InChI is InChI=1S/C10H19F3N2O/c1-3-4-5-8(2)15-9(16)6-14-7-10(11,12)13/h8,14H,3-7H2,1-2H3,(H,15,16). The number of amides is 1. The summed E-state index contributed by atoms with van der Waals surface area (Å²) < 4.78 is 35.2. The topological polar surface area (TPSA) is 41.1 Å². The molecule has 0 bridgehead atoms. The Hall–Kier alpha value is -0.780. The molecular weight excluding hydrogens is 221 g/mol. The Morgan fingerprint density at radius 3 is 2.50 bits per heavy atom. The number of rotatable bonds is 7. The van der Waals surface area contributed by atoms with Crippen molar-refractivity contribution in [1.82, 2.24) is 10.6 Å². The largest absolute Gasteiger partial charge is 0.401 e. The van der Waals surface area contributed by atoms with Crippen molar-refractivity contribution in [2.75, 3.05) is 13.1 Å². The van der Waals surface area contributed by atoms with Gasteiger partial charge in [-0.15, -0.1) is 0 Å². The fourth-order valence-electron chi connectivity index (χ4n) is 1.23. The molecule has 0 aromatic heterocycles. The third-order valence-electron chi connectivity index (χ3n) is 2.01. The Bertz CT molecular complexity index is 207. The predicted molar refractivity (Wildman–Crippen MR) is 56.1 cm³/mol. The molecule has 2 N–H and O–H groups in total. The maximum Gasteiger partial charge on any atom is 0.401 e. The van der Waals surface area contributed by atoms with Gasteiger partial charge in [0.1, 0.15) is 0 Å². The van der Waals surface area contributed by atoms with E-state index in [9.17, 15) is 18.0 Å². The van der Waals surface area contributed by atoms with Gasteiger partial charge in [0.2, 0.25) is 5.91 Å². The van der Waals surface area contributed by atoms with E-state index in [0.717, 1.165) is 19.3 Å². The van der Waals surface area contributed by atoms with Gasteiger partial charge < -0.3 is 10.6 Å². The number of hydrogen-bond acceptors (Lipinski definition) is 2. The zero-order chi connectivity index (χ0) is 12.6. The summed E-state index contributed by atoms with van der Waals surface area (Å²) in [5.41, 5.74) is 0. The maximum atomic E-state index is 11.7. The van der Waals surface area contributed by atoms with Gasteiger partial charge in [-0.1, -0.05) is 19.8 Å². The molecule has 0 radical (unpaired) electrons. The van der Waals surface area contributed by atoms with Gasteiger partial charge in [-0.05, 0) is 13.3 Å². The molecule has 0 saturated heterocycles. The van der Waals surface area contributed by atoms with Crippen molar-refractivity contribution in [1.29, 1.82) is 0 Å². The molecule has 0 aromatic carbocycles. The minimum Gasteiger partial charge on any atom is -0.353 e. The van der Waals surface area contributed by atoms with Crippen molar-refractivity contribution < 1.29 is 18.0 Å². The summed E-state index contributed by atoms with van der Waals surface area (Å²) in [5, 5.41) is 4.68. The van der Waals surface area contributed by atoms with Gasteiger partial charge in [0.25, 0.3) is 0 Å². The van der Waals surface area contributed by atoms with E-state index in [1.54, 1.807) is 0 Å². The van der Waals surface area contributed by atoms with E-state index in [1.807, 2.05) is 19.2 Å². The number of nitrogens with one attached hydrogen (secondary N) is 2. The first-order chi connectivity index (χ1) is 7.35. The molecule has 0 aliphatic rings. The van der Waals surface area contributed by atoms with E-state index in [4.69, 9.17) is 0 Å². The second-order valence-corrected chi connectivity index (χ2v) is 3.83. The average Bonchev–Trinajstić information content (AvgIpc) is 2.12. The Labute approximate surface area is 93.8 Å². The zero-order valence-electron chi connectivity index (χ0n) is 9.66. The fourth-order valence-corrected chi connectivity index (χ4v) is 1.23. The van der Waals surface area contributed by atoms with Crippen LogP contribution in [0.5, 0.6) is 0 Å². The van der Waals surface area contributed by atoms with Crippen molar-refractivity contribution in [2.24, 2.45) is 0 Å². The summed E-state index contributed by atoms with van der Waals surface area (Å²) in [6.07, 6.45) is -1.39. The summed E-state index contributed by atoms with van der Waals surface area (Å²) in [6.45, 7) is 2.45. The van der Waals surface area contributed by atoms with E-state index in [0.29, 0.717) is 0 Å². The molecular formula is C10H19F3N2O. The molecule has 0 saturated carbocycles. The van der Waals surface area contributed by atoms with Gasteiger partial charge in [0.05, 0.1) is 13.1 Å². The molecule has 0 rings (SSSR count). The highest BCUT2D eigenvalue weighted by Gasteiger charge is 2.26. The van der Waals surface area contributed by atoms with Gasteiger partial charge in [-0.2, -0.15) is 13.2 Å². The van der Waals surface area contributed by atoms with Crippen LogP contribution in [0.25, 0.3) is 0 Å². The Balaban J connectivity index is 3.58. The van der Waals surface area contributed by atoms with Crippen LogP contribution >= 0.6 is 0 Å². The van der Waals surface area contributed by atoms with E-state index < -0.39 is 18.6 Å². The highest BCUT2D eigenvalue weighted by atomic mass is 19.4. The van der Waals surface area contributed by atoms with Crippen LogP contribution in [0.1, 0.15) is 33.1 Å². The second kappa shape index (κ2) is 7.49. The van der Waals surface area contributed by atoms with E-state index in [-0.39, 0.29) is 12.6 Å². The van der Waals surface area contributed by atoms with Crippen molar-refractivity contribution in [3.63, 3.8) is 0 Å². The van der Waals surface area contributed by atoms with Crippen LogP contribution in [0.15, 0.2) is 0 Å². The lowest BCUT2D eigenvalue weighted by Crippen LogP contribution is -2.41. The van der Waals surface area contributed by atoms with Crippen LogP contribution in [0, 0.1) is 0 Å². The van der Waals surface area contributed by atoms with Crippen LogP contribution < -0.4 is 10.6 Å². The van der Waals surface area contributed by atoms with Crippen molar-refractivity contribution in [3.8, 4) is 0 Å². The lowest BCUT2D eigenvalue weighted by atomic mass is 10.1. The Morgan fingerprint density at radius 2 is 2.00 bits per heavy atom. The van der Waals surface area contributed by atoms with Crippen molar-refractivity contribution in [2.45, 2.75) is 45.3 Å². The third kappa shape index (κ3) is 9.76. The van der Waals surface area contributed by atoms with Gasteiger partial charge in [-0.3, -0.25) is 4.79 Å². The quantitative estimate of drug-likeness (QED) is 0.713. The molecule has 1 atom stereocenters. The van der Waals surface area contributed by atoms with Crippen LogP contribution in [0.3, 0.4) is 0 Å². The lowest BCUT2D eigenvalue weighted by molar-refractivity contribution is -0.128. The Kier molecular flexibility index (Phi) is 7.12. The van der Waals surface area contributed by atoms with Gasteiger partial charge in [0.15, 0.2) is 0 Å². The van der Waals surface area contributed by atoms with Crippen LogP contribution in [0.2, 0.25) is 0 Å². The summed E-state index contributed by atoms with van der Waals surface area (Å²) in [6, 6.07) is 0.0140. The highest BCUT2D eigenvalue weighted by molar-refractivity contribution is 5.78. The average molecular weight is 240 g/mol. The zero-order valence-corrected chi connectivity index (χ0v) is 9.66. The predicted octanol–water partition coefficient (Wildman–Crippen LogP) is 1.83. The third-order valence-corrected chi connectivity index (χ3v) is 2.01. The van der Waals surface area contributed by atoms with Gasteiger partial charge >= 0.3 is 6.18 Å². The van der Waals surface area contributed by atoms with E-state index >= 15 is 0 Å². The summed E-state index contributed by atoms with van der Waals surface area (Å²) in [4.78, 5) is 11.2. The second-order valence-electron chi connectivity index (χ2n) is 3.83. The number of hydrogen-bond donors (Lipinski definition) is 2.